The molecule has 0 aliphatic carbocycles. The van der Waals surface area contributed by atoms with Crippen molar-refractivity contribution in [3.63, 3.8) is 0 Å². The SMILES string of the molecule is COC(=O)CCCCCOc1cc(C#N)c(C#N)cc1OC. The average Bonchev–Trinajstić information content (AvgIpc) is 2.56. The van der Waals surface area contributed by atoms with Gasteiger partial charge in [0, 0.05) is 18.6 Å². The lowest BCUT2D eigenvalue weighted by Crippen LogP contribution is -2.02. The van der Waals surface area contributed by atoms with Crippen molar-refractivity contribution in [1.82, 2.24) is 0 Å². The van der Waals surface area contributed by atoms with Gasteiger partial charge in [-0.3, -0.25) is 4.79 Å². The predicted molar refractivity (Wildman–Crippen MR) is 78.4 cm³/mol. The fraction of sp³-hybridized carbons (Fsp3) is 0.438. The standard InChI is InChI=1S/C16H18N2O4/c1-20-14-8-12(10-17)13(11-18)9-15(14)22-7-5-3-4-6-16(19)21-2/h8-9H,3-7H2,1-2H3. The number of hydrogen-bond acceptors (Lipinski definition) is 6. The van der Waals surface area contributed by atoms with Crippen molar-refractivity contribution in [3.05, 3.63) is 23.3 Å². The van der Waals surface area contributed by atoms with Crippen molar-refractivity contribution in [2.24, 2.45) is 0 Å². The molecule has 1 aromatic rings. The second-order valence-corrected chi connectivity index (χ2v) is 4.51. The number of benzene rings is 1. The Balaban J connectivity index is 2.54. The van der Waals surface area contributed by atoms with Crippen LogP contribution in [-0.4, -0.2) is 26.8 Å². The molecule has 22 heavy (non-hydrogen) atoms. The van der Waals surface area contributed by atoms with E-state index in [0.717, 1.165) is 19.3 Å². The molecule has 0 saturated carbocycles. The monoisotopic (exact) mass is 302 g/mol. The number of nitriles is 2. The van der Waals surface area contributed by atoms with Gasteiger partial charge in [0.05, 0.1) is 32.0 Å². The molecule has 0 aliphatic heterocycles. The first-order valence-electron chi connectivity index (χ1n) is 6.88. The molecule has 0 spiro atoms. The third-order valence-corrected chi connectivity index (χ3v) is 3.06. The highest BCUT2D eigenvalue weighted by molar-refractivity contribution is 5.68. The van der Waals surface area contributed by atoms with E-state index in [9.17, 15) is 4.79 Å². The molecule has 0 heterocycles. The van der Waals surface area contributed by atoms with Crippen molar-refractivity contribution in [2.75, 3.05) is 20.8 Å². The molecule has 0 bridgehead atoms. The van der Waals surface area contributed by atoms with Crippen molar-refractivity contribution in [3.8, 4) is 23.6 Å². The minimum absolute atomic E-state index is 0.214. The number of rotatable bonds is 8. The molecule has 1 aromatic carbocycles. The third-order valence-electron chi connectivity index (χ3n) is 3.06. The van der Waals surface area contributed by atoms with Gasteiger partial charge in [-0.1, -0.05) is 0 Å². The van der Waals surface area contributed by atoms with Crippen LogP contribution in [0.25, 0.3) is 0 Å². The number of methoxy groups -OCH3 is 2. The van der Waals surface area contributed by atoms with Gasteiger partial charge in [-0.05, 0) is 19.3 Å². The first-order valence-corrected chi connectivity index (χ1v) is 6.88. The topological polar surface area (TPSA) is 92.3 Å². The van der Waals surface area contributed by atoms with Gasteiger partial charge < -0.3 is 14.2 Å². The fourth-order valence-corrected chi connectivity index (χ4v) is 1.85. The van der Waals surface area contributed by atoms with Crippen LogP contribution in [0.5, 0.6) is 11.5 Å². The van der Waals surface area contributed by atoms with Crippen molar-refractivity contribution >= 4 is 5.97 Å². The van der Waals surface area contributed by atoms with Crippen LogP contribution in [0.2, 0.25) is 0 Å². The lowest BCUT2D eigenvalue weighted by atomic mass is 10.1. The second-order valence-electron chi connectivity index (χ2n) is 4.51. The van der Waals surface area contributed by atoms with Gasteiger partial charge in [-0.2, -0.15) is 10.5 Å². The molecular formula is C16H18N2O4. The van der Waals surface area contributed by atoms with E-state index in [0.29, 0.717) is 24.5 Å². The molecule has 0 N–H and O–H groups in total. The van der Waals surface area contributed by atoms with Gasteiger partial charge >= 0.3 is 5.97 Å². The highest BCUT2D eigenvalue weighted by Gasteiger charge is 2.11. The number of unbranched alkanes of at least 4 members (excludes halogenated alkanes) is 2. The normalized spacial score (nSPS) is 9.45. The van der Waals surface area contributed by atoms with E-state index < -0.39 is 0 Å². The maximum atomic E-state index is 11.0. The number of hydrogen-bond donors (Lipinski definition) is 0. The minimum Gasteiger partial charge on any atom is -0.493 e. The van der Waals surface area contributed by atoms with Crippen LogP contribution in [-0.2, 0) is 9.53 Å². The molecule has 116 valence electrons. The van der Waals surface area contributed by atoms with Crippen LogP contribution in [0, 0.1) is 22.7 Å². The van der Waals surface area contributed by atoms with Gasteiger partial charge in [0.1, 0.15) is 12.1 Å². The Morgan fingerprint density at radius 2 is 1.68 bits per heavy atom. The van der Waals surface area contributed by atoms with Crippen LogP contribution in [0.4, 0.5) is 0 Å². The van der Waals surface area contributed by atoms with Gasteiger partial charge in [0.15, 0.2) is 11.5 Å². The second kappa shape index (κ2) is 9.25. The number of nitrogens with zero attached hydrogens (tertiary/aromatic N) is 2. The highest BCUT2D eigenvalue weighted by atomic mass is 16.5. The summed E-state index contributed by atoms with van der Waals surface area (Å²) in [6.45, 7) is 0.439. The fourth-order valence-electron chi connectivity index (χ4n) is 1.85. The summed E-state index contributed by atoms with van der Waals surface area (Å²) in [6.07, 6.45) is 2.74. The molecule has 1 rings (SSSR count). The molecular weight excluding hydrogens is 284 g/mol. The van der Waals surface area contributed by atoms with Gasteiger partial charge in [0.2, 0.25) is 0 Å². The molecule has 6 heteroatoms. The van der Waals surface area contributed by atoms with E-state index in [2.05, 4.69) is 4.74 Å². The predicted octanol–water partition coefficient (Wildman–Crippen LogP) is 2.55. The number of carbonyl (C=O) groups excluding carboxylic acids is 1. The quantitative estimate of drug-likeness (QED) is 0.541. The number of esters is 1. The first kappa shape index (κ1) is 17.3. The van der Waals surface area contributed by atoms with Crippen LogP contribution in [0.1, 0.15) is 36.8 Å². The van der Waals surface area contributed by atoms with Gasteiger partial charge in [-0.15, -0.1) is 0 Å². The summed E-state index contributed by atoms with van der Waals surface area (Å²) in [7, 11) is 2.85. The van der Waals surface area contributed by atoms with E-state index >= 15 is 0 Å². The Bertz CT molecular complexity index is 599. The Labute approximate surface area is 129 Å². The molecule has 0 fully saturated rings. The lowest BCUT2D eigenvalue weighted by molar-refractivity contribution is -0.140. The van der Waals surface area contributed by atoms with Gasteiger partial charge in [0.25, 0.3) is 0 Å². The van der Waals surface area contributed by atoms with Crippen LogP contribution in [0.15, 0.2) is 12.1 Å². The average molecular weight is 302 g/mol. The van der Waals surface area contributed by atoms with Crippen LogP contribution < -0.4 is 9.47 Å². The summed E-state index contributed by atoms with van der Waals surface area (Å²) < 4.78 is 15.3. The maximum Gasteiger partial charge on any atom is 0.305 e. The number of ether oxygens (including phenoxy) is 3. The zero-order chi connectivity index (χ0) is 16.4. The van der Waals surface area contributed by atoms with E-state index in [1.54, 1.807) is 0 Å². The molecule has 0 saturated heterocycles. The number of carbonyl (C=O) groups is 1. The smallest absolute Gasteiger partial charge is 0.305 e. The Morgan fingerprint density at radius 1 is 1.05 bits per heavy atom. The highest BCUT2D eigenvalue weighted by Crippen LogP contribution is 2.30. The molecule has 0 aliphatic rings. The van der Waals surface area contributed by atoms with Crippen molar-refractivity contribution in [1.29, 1.82) is 10.5 Å². The van der Waals surface area contributed by atoms with E-state index in [1.807, 2.05) is 12.1 Å². The van der Waals surface area contributed by atoms with Crippen LogP contribution in [0.3, 0.4) is 0 Å². The molecule has 0 atom stereocenters. The van der Waals surface area contributed by atoms with Crippen LogP contribution >= 0.6 is 0 Å². The van der Waals surface area contributed by atoms with Crippen molar-refractivity contribution < 1.29 is 19.0 Å². The maximum absolute atomic E-state index is 11.0. The molecule has 0 unspecified atom stereocenters. The summed E-state index contributed by atoms with van der Waals surface area (Å²) in [5.74, 6) is 0.643. The van der Waals surface area contributed by atoms with E-state index in [-0.39, 0.29) is 17.1 Å². The Kier molecular flexibility index (Phi) is 7.28. The Morgan fingerprint density at radius 3 is 2.23 bits per heavy atom. The lowest BCUT2D eigenvalue weighted by Gasteiger charge is -2.11. The summed E-state index contributed by atoms with van der Waals surface area (Å²) in [5.41, 5.74) is 0.508. The summed E-state index contributed by atoms with van der Waals surface area (Å²) in [4.78, 5) is 11.0. The molecule has 0 radical (unpaired) electrons. The zero-order valence-corrected chi connectivity index (χ0v) is 12.7. The van der Waals surface area contributed by atoms with E-state index in [4.69, 9.17) is 20.0 Å². The summed E-state index contributed by atoms with van der Waals surface area (Å²) in [6, 6.07) is 6.90. The first-order chi connectivity index (χ1) is 10.7. The largest absolute Gasteiger partial charge is 0.493 e. The molecule has 0 amide bonds. The van der Waals surface area contributed by atoms with Crippen molar-refractivity contribution in [2.45, 2.75) is 25.7 Å². The summed E-state index contributed by atoms with van der Waals surface area (Å²) >= 11 is 0. The molecule has 6 nitrogen and oxygen atoms in total. The zero-order valence-electron chi connectivity index (χ0n) is 12.7. The van der Waals surface area contributed by atoms with Gasteiger partial charge in [-0.25, -0.2) is 0 Å². The van der Waals surface area contributed by atoms with E-state index in [1.165, 1.54) is 26.4 Å². The minimum atomic E-state index is -0.214. The Hall–Kier alpha value is -2.73. The summed E-state index contributed by atoms with van der Waals surface area (Å²) in [5, 5.41) is 18.0. The third kappa shape index (κ3) is 4.99. The molecule has 0 aromatic heterocycles.